The molecule has 0 amide bonds. The summed E-state index contributed by atoms with van der Waals surface area (Å²) in [5.41, 5.74) is 5.13. The molecule has 2 aromatic carbocycles. The van der Waals surface area contributed by atoms with Gasteiger partial charge in [-0.1, -0.05) is 37.3 Å². The zero-order chi connectivity index (χ0) is 16.8. The van der Waals surface area contributed by atoms with Crippen molar-refractivity contribution in [3.8, 4) is 0 Å². The molecule has 2 aromatic rings. The van der Waals surface area contributed by atoms with Gasteiger partial charge in [0.25, 0.3) is 10.0 Å². The lowest BCUT2D eigenvalue weighted by atomic mass is 9.86. The molecule has 0 aliphatic carbocycles. The number of aryl methyl sites for hydroxylation is 2. The number of nitrogens with zero attached hydrogens (tertiary/aromatic N) is 1. The summed E-state index contributed by atoms with van der Waals surface area (Å²) in [4.78, 5) is 0.254. The fourth-order valence-corrected chi connectivity index (χ4v) is 4.43. The van der Waals surface area contributed by atoms with Gasteiger partial charge in [0.2, 0.25) is 0 Å². The lowest BCUT2D eigenvalue weighted by molar-refractivity contribution is 0.597. The predicted octanol–water partition coefficient (Wildman–Crippen LogP) is 4.23. The summed E-state index contributed by atoms with van der Waals surface area (Å²) in [7, 11) is -3.63. The molecule has 0 saturated heterocycles. The van der Waals surface area contributed by atoms with Crippen LogP contribution in [0.3, 0.4) is 0 Å². The Hall–Kier alpha value is -2.14. The van der Waals surface area contributed by atoms with Gasteiger partial charge < -0.3 is 5.32 Å². The number of hydrogen-bond acceptors (Lipinski definition) is 3. The van der Waals surface area contributed by atoms with Crippen molar-refractivity contribution in [3.05, 3.63) is 58.7 Å². The van der Waals surface area contributed by atoms with Crippen LogP contribution in [-0.4, -0.2) is 14.3 Å². The van der Waals surface area contributed by atoms with E-state index in [1.807, 2.05) is 25.1 Å². The van der Waals surface area contributed by atoms with Gasteiger partial charge in [0.15, 0.2) is 0 Å². The Morgan fingerprint density at radius 1 is 1.04 bits per heavy atom. The van der Waals surface area contributed by atoms with Gasteiger partial charge >= 0.3 is 0 Å². The first-order valence-electron chi connectivity index (χ1n) is 7.59. The van der Waals surface area contributed by atoms with E-state index < -0.39 is 10.0 Å². The van der Waals surface area contributed by atoms with Crippen molar-refractivity contribution in [3.63, 3.8) is 0 Å². The zero-order valence-electron chi connectivity index (χ0n) is 13.7. The van der Waals surface area contributed by atoms with Crippen LogP contribution in [0.25, 0.3) is 0 Å². The molecule has 1 aliphatic heterocycles. The highest BCUT2D eigenvalue weighted by atomic mass is 32.2. The second-order valence-corrected chi connectivity index (χ2v) is 7.60. The fraction of sp³-hybridized carbons (Fsp3) is 0.278. The number of amidine groups is 1. The smallest absolute Gasteiger partial charge is 0.286 e. The second kappa shape index (κ2) is 5.49. The summed E-state index contributed by atoms with van der Waals surface area (Å²) in [5.74, 6) is 0.487. The topological polar surface area (TPSA) is 58.5 Å². The molecule has 1 heterocycles. The summed E-state index contributed by atoms with van der Waals surface area (Å²) in [6, 6.07) is 11.7. The highest BCUT2D eigenvalue weighted by molar-refractivity contribution is 7.90. The quantitative estimate of drug-likeness (QED) is 0.896. The minimum atomic E-state index is -3.63. The van der Waals surface area contributed by atoms with Crippen molar-refractivity contribution in [1.82, 2.24) is 0 Å². The Kier molecular flexibility index (Phi) is 3.76. The molecule has 5 heteroatoms. The van der Waals surface area contributed by atoms with Crippen LogP contribution >= 0.6 is 0 Å². The second-order valence-electron chi connectivity index (χ2n) is 6.02. The van der Waals surface area contributed by atoms with Gasteiger partial charge in [0.05, 0.1) is 5.69 Å². The summed E-state index contributed by atoms with van der Waals surface area (Å²) in [6.45, 7) is 7.87. The third-order valence-electron chi connectivity index (χ3n) is 4.35. The number of fused-ring (bicyclic) bond motifs is 1. The van der Waals surface area contributed by atoms with Gasteiger partial charge in [-0.2, -0.15) is 8.42 Å². The van der Waals surface area contributed by atoms with E-state index in [0.29, 0.717) is 11.5 Å². The molecule has 0 radical (unpaired) electrons. The number of anilines is 1. The Labute approximate surface area is 138 Å². The van der Waals surface area contributed by atoms with Crippen LogP contribution < -0.4 is 5.32 Å². The standard InChI is InChI=1S/C18H20N2O2S.H2/c1-11-7-5-6-8-15(11)13(3)17-12(2)9-10-16-18(17)19-14(4)20-23(16,21)22;/h5-10,13H,1-4H3,(H,19,20);1H. The van der Waals surface area contributed by atoms with Gasteiger partial charge in [0, 0.05) is 7.34 Å². The van der Waals surface area contributed by atoms with Crippen LogP contribution in [0.5, 0.6) is 0 Å². The van der Waals surface area contributed by atoms with E-state index >= 15 is 0 Å². The van der Waals surface area contributed by atoms with Crippen LogP contribution in [0.4, 0.5) is 5.69 Å². The maximum absolute atomic E-state index is 12.3. The normalized spacial score (nSPS) is 17.0. The lowest BCUT2D eigenvalue weighted by Gasteiger charge is -2.25. The van der Waals surface area contributed by atoms with Crippen molar-refractivity contribution in [2.45, 2.75) is 38.5 Å². The van der Waals surface area contributed by atoms with Crippen molar-refractivity contribution in [2.24, 2.45) is 4.40 Å². The third kappa shape index (κ3) is 2.65. The number of rotatable bonds is 2. The molecule has 1 N–H and O–H groups in total. The number of nitrogens with one attached hydrogen (secondary N) is 1. The molecule has 23 heavy (non-hydrogen) atoms. The van der Waals surface area contributed by atoms with Crippen molar-refractivity contribution < 1.29 is 9.84 Å². The minimum Gasteiger partial charge on any atom is -0.342 e. The molecule has 3 rings (SSSR count). The Bertz CT molecular complexity index is 921. The van der Waals surface area contributed by atoms with Gasteiger partial charge in [-0.25, -0.2) is 0 Å². The summed E-state index contributed by atoms with van der Waals surface area (Å²) in [5, 5.41) is 3.17. The molecule has 0 aromatic heterocycles. The molecule has 0 bridgehead atoms. The molecule has 1 unspecified atom stereocenters. The fourth-order valence-electron chi connectivity index (χ4n) is 3.27. The average Bonchev–Trinajstić information content (AvgIpc) is 2.45. The lowest BCUT2D eigenvalue weighted by Crippen LogP contribution is -2.21. The van der Waals surface area contributed by atoms with E-state index in [2.05, 4.69) is 35.7 Å². The molecule has 122 valence electrons. The monoisotopic (exact) mass is 330 g/mol. The van der Waals surface area contributed by atoms with Crippen LogP contribution in [0, 0.1) is 13.8 Å². The number of sulfonamides is 1. The van der Waals surface area contributed by atoms with Crippen molar-refractivity contribution >= 4 is 21.5 Å². The van der Waals surface area contributed by atoms with Gasteiger partial charge in [0.1, 0.15) is 10.7 Å². The van der Waals surface area contributed by atoms with Gasteiger partial charge in [-0.3, -0.25) is 0 Å². The first-order chi connectivity index (χ1) is 10.8. The van der Waals surface area contributed by atoms with Crippen LogP contribution in [0.15, 0.2) is 45.7 Å². The Morgan fingerprint density at radius 2 is 1.74 bits per heavy atom. The van der Waals surface area contributed by atoms with E-state index in [1.54, 1.807) is 13.0 Å². The largest absolute Gasteiger partial charge is 0.342 e. The van der Waals surface area contributed by atoms with Gasteiger partial charge in [-0.15, -0.1) is 4.40 Å². The SMILES string of the molecule is CC1=NS(=O)(=O)c2ccc(C)c(C(C)c3ccccc3C)c2N1.[HH]. The first kappa shape index (κ1) is 15.7. The average molecular weight is 330 g/mol. The molecular weight excluding hydrogens is 308 g/mol. The van der Waals surface area contributed by atoms with Crippen LogP contribution in [0.2, 0.25) is 0 Å². The summed E-state index contributed by atoms with van der Waals surface area (Å²) in [6.07, 6.45) is 0. The number of benzene rings is 2. The highest BCUT2D eigenvalue weighted by Crippen LogP contribution is 2.39. The van der Waals surface area contributed by atoms with Gasteiger partial charge in [-0.05, 0) is 49.1 Å². The van der Waals surface area contributed by atoms with Crippen LogP contribution in [-0.2, 0) is 10.0 Å². The molecule has 0 saturated carbocycles. The van der Waals surface area contributed by atoms with Crippen molar-refractivity contribution in [1.29, 1.82) is 0 Å². The Balaban J connectivity index is 0.00000208. The van der Waals surface area contributed by atoms with E-state index in [-0.39, 0.29) is 12.2 Å². The predicted molar refractivity (Wildman–Crippen MR) is 95.9 cm³/mol. The Morgan fingerprint density at radius 3 is 2.43 bits per heavy atom. The first-order valence-corrected chi connectivity index (χ1v) is 9.03. The van der Waals surface area contributed by atoms with Crippen LogP contribution in [0.1, 0.15) is 43.4 Å². The zero-order valence-corrected chi connectivity index (χ0v) is 14.5. The maximum Gasteiger partial charge on any atom is 0.286 e. The molecule has 0 fully saturated rings. The van der Waals surface area contributed by atoms with Crippen molar-refractivity contribution in [2.75, 3.05) is 5.32 Å². The molecular formula is C18H22N2O2S. The van der Waals surface area contributed by atoms with E-state index in [4.69, 9.17) is 0 Å². The maximum atomic E-state index is 12.3. The molecule has 1 aliphatic rings. The summed E-state index contributed by atoms with van der Waals surface area (Å²) >= 11 is 0. The highest BCUT2D eigenvalue weighted by Gasteiger charge is 2.28. The number of hydrogen-bond donors (Lipinski definition) is 1. The molecule has 0 spiro atoms. The third-order valence-corrected chi connectivity index (χ3v) is 5.76. The van der Waals surface area contributed by atoms with E-state index in [9.17, 15) is 8.42 Å². The molecule has 1 atom stereocenters. The summed E-state index contributed by atoms with van der Waals surface area (Å²) < 4.78 is 28.4. The minimum absolute atomic E-state index is 0. The van der Waals surface area contributed by atoms with E-state index in [0.717, 1.165) is 11.1 Å². The molecule has 4 nitrogen and oxygen atoms in total. The van der Waals surface area contributed by atoms with E-state index in [1.165, 1.54) is 11.1 Å².